The summed E-state index contributed by atoms with van der Waals surface area (Å²) in [4.78, 5) is 39.9. The van der Waals surface area contributed by atoms with Crippen LogP contribution in [0.3, 0.4) is 0 Å². The molecule has 0 spiro atoms. The molecule has 2 aliphatic heterocycles. The van der Waals surface area contributed by atoms with E-state index in [1.54, 1.807) is 23.0 Å². The fraction of sp³-hybridized carbons (Fsp3) is 0.478. The lowest BCUT2D eigenvalue weighted by molar-refractivity contribution is 0.0555. The first-order valence-corrected chi connectivity index (χ1v) is 12.3. The second-order valence-corrected chi connectivity index (χ2v) is 10.8. The standard InChI is InChI=1S/C23H29N5O4S/c1-22(2,3)32-21(30)27-12-11-23(4,16-9-7-8-10-17(16)27)28-14-15-13-24-19(33(6)31)25-18(15)26(5)20(28)29/h7-10,13H,11-12,14H2,1-6H3. The fourth-order valence-electron chi connectivity index (χ4n) is 4.35. The van der Waals surface area contributed by atoms with Gasteiger partial charge >= 0.3 is 12.1 Å². The van der Waals surface area contributed by atoms with Crippen LogP contribution in [0.4, 0.5) is 21.1 Å². The van der Waals surface area contributed by atoms with Gasteiger partial charge in [0.2, 0.25) is 5.16 Å². The Morgan fingerprint density at radius 1 is 1.24 bits per heavy atom. The zero-order valence-electron chi connectivity index (χ0n) is 19.8. The van der Waals surface area contributed by atoms with Crippen LogP contribution in [0.5, 0.6) is 0 Å². The van der Waals surface area contributed by atoms with Gasteiger partial charge in [-0.2, -0.15) is 0 Å². The molecular weight excluding hydrogens is 442 g/mol. The molecule has 0 fully saturated rings. The molecule has 0 saturated carbocycles. The van der Waals surface area contributed by atoms with E-state index in [9.17, 15) is 13.8 Å². The van der Waals surface area contributed by atoms with Crippen LogP contribution in [0.15, 0.2) is 35.6 Å². The van der Waals surface area contributed by atoms with Crippen LogP contribution in [-0.2, 0) is 27.6 Å². The summed E-state index contributed by atoms with van der Waals surface area (Å²) in [5.74, 6) is 0.472. The zero-order chi connectivity index (χ0) is 24.1. The summed E-state index contributed by atoms with van der Waals surface area (Å²) >= 11 is 0. The molecule has 0 N–H and O–H groups in total. The Morgan fingerprint density at radius 2 is 1.94 bits per heavy atom. The van der Waals surface area contributed by atoms with Gasteiger partial charge in [-0.25, -0.2) is 19.6 Å². The fourth-order valence-corrected chi connectivity index (χ4v) is 4.77. The first-order chi connectivity index (χ1) is 15.4. The maximum Gasteiger partial charge on any atom is 0.414 e. The summed E-state index contributed by atoms with van der Waals surface area (Å²) in [5.41, 5.74) is 1.11. The van der Waals surface area contributed by atoms with Crippen molar-refractivity contribution >= 4 is 34.4 Å². The summed E-state index contributed by atoms with van der Waals surface area (Å²) in [6, 6.07) is 7.41. The monoisotopic (exact) mass is 471 g/mol. The summed E-state index contributed by atoms with van der Waals surface area (Å²) in [5, 5.41) is 0.198. The Labute approximate surface area is 196 Å². The van der Waals surface area contributed by atoms with Gasteiger partial charge in [-0.3, -0.25) is 14.0 Å². The molecule has 1 aromatic heterocycles. The highest BCUT2D eigenvalue weighted by molar-refractivity contribution is 7.84. The number of carbonyl (C=O) groups is 2. The van der Waals surface area contributed by atoms with Crippen LogP contribution in [-0.4, -0.2) is 56.7 Å². The Bertz CT molecular complexity index is 1150. The number of anilines is 2. The molecule has 9 nitrogen and oxygen atoms in total. The van der Waals surface area contributed by atoms with E-state index in [0.717, 1.165) is 16.8 Å². The molecule has 0 aliphatic carbocycles. The second-order valence-electron chi connectivity index (χ2n) is 9.56. The van der Waals surface area contributed by atoms with Crippen LogP contribution in [0.25, 0.3) is 0 Å². The average Bonchev–Trinajstić information content (AvgIpc) is 2.75. The van der Waals surface area contributed by atoms with Crippen LogP contribution in [0.2, 0.25) is 0 Å². The second kappa shape index (κ2) is 8.09. The number of rotatable bonds is 2. The lowest BCUT2D eigenvalue weighted by Crippen LogP contribution is -2.58. The van der Waals surface area contributed by atoms with Gasteiger partial charge < -0.3 is 9.64 Å². The molecule has 176 valence electrons. The number of nitrogens with zero attached hydrogens (tertiary/aromatic N) is 5. The highest BCUT2D eigenvalue weighted by Crippen LogP contribution is 2.45. The third kappa shape index (κ3) is 4.07. The van der Waals surface area contributed by atoms with E-state index in [0.29, 0.717) is 25.3 Å². The highest BCUT2D eigenvalue weighted by atomic mass is 32.2. The summed E-state index contributed by atoms with van der Waals surface area (Å²) in [7, 11) is 0.317. The van der Waals surface area contributed by atoms with E-state index < -0.39 is 28.0 Å². The van der Waals surface area contributed by atoms with Crippen molar-refractivity contribution in [3.63, 3.8) is 0 Å². The molecule has 33 heavy (non-hydrogen) atoms. The van der Waals surface area contributed by atoms with Gasteiger partial charge in [-0.15, -0.1) is 0 Å². The Morgan fingerprint density at radius 3 is 2.61 bits per heavy atom. The Balaban J connectivity index is 1.72. The molecule has 0 saturated heterocycles. The van der Waals surface area contributed by atoms with Crippen molar-refractivity contribution in [3.8, 4) is 0 Å². The maximum absolute atomic E-state index is 13.5. The van der Waals surface area contributed by atoms with E-state index in [2.05, 4.69) is 9.97 Å². The Kier molecular flexibility index (Phi) is 5.68. The van der Waals surface area contributed by atoms with E-state index >= 15 is 0 Å². The van der Waals surface area contributed by atoms with Crippen LogP contribution in [0.1, 0.15) is 45.2 Å². The van der Waals surface area contributed by atoms with Gasteiger partial charge in [-0.1, -0.05) is 18.2 Å². The predicted molar refractivity (Wildman–Crippen MR) is 126 cm³/mol. The average molecular weight is 472 g/mol. The van der Waals surface area contributed by atoms with Crippen LogP contribution in [0, 0.1) is 0 Å². The third-order valence-corrected chi connectivity index (χ3v) is 6.76. The van der Waals surface area contributed by atoms with Gasteiger partial charge in [-0.05, 0) is 40.2 Å². The number of urea groups is 1. The van der Waals surface area contributed by atoms with Crippen molar-refractivity contribution in [1.29, 1.82) is 0 Å². The molecule has 0 bridgehead atoms. The van der Waals surface area contributed by atoms with Gasteiger partial charge in [0.15, 0.2) is 0 Å². The summed E-state index contributed by atoms with van der Waals surface area (Å²) in [6.45, 7) is 8.26. The molecule has 2 aromatic rings. The molecule has 4 rings (SSSR count). The third-order valence-electron chi connectivity index (χ3n) is 6.05. The molecule has 10 heteroatoms. The van der Waals surface area contributed by atoms with E-state index in [1.807, 2.05) is 52.0 Å². The summed E-state index contributed by atoms with van der Waals surface area (Å²) in [6.07, 6.45) is 3.28. The number of ether oxygens (including phenoxy) is 1. The molecule has 2 unspecified atom stereocenters. The van der Waals surface area contributed by atoms with Crippen molar-refractivity contribution in [2.24, 2.45) is 0 Å². The molecule has 3 heterocycles. The number of hydrogen-bond acceptors (Lipinski definition) is 6. The lowest BCUT2D eigenvalue weighted by atomic mass is 9.81. The van der Waals surface area contributed by atoms with E-state index in [-0.39, 0.29) is 11.2 Å². The number of para-hydroxylation sites is 1. The molecule has 3 amide bonds. The molecule has 2 atom stereocenters. The van der Waals surface area contributed by atoms with Crippen molar-refractivity contribution in [2.45, 2.75) is 57.0 Å². The molecule has 0 radical (unpaired) electrons. The Hall–Kier alpha value is -3.01. The molecule has 1 aromatic carbocycles. The minimum absolute atomic E-state index is 0.198. The highest BCUT2D eigenvalue weighted by Gasteiger charge is 2.47. The number of amides is 3. The minimum atomic E-state index is -1.34. The smallest absolute Gasteiger partial charge is 0.414 e. The van der Waals surface area contributed by atoms with Gasteiger partial charge in [0.25, 0.3) is 0 Å². The molecular formula is C23H29N5O4S. The van der Waals surface area contributed by atoms with Crippen molar-refractivity contribution in [3.05, 3.63) is 41.6 Å². The lowest BCUT2D eigenvalue weighted by Gasteiger charge is -2.50. The topological polar surface area (TPSA) is 95.9 Å². The van der Waals surface area contributed by atoms with Crippen LogP contribution < -0.4 is 9.80 Å². The number of benzene rings is 1. The number of carbonyl (C=O) groups excluding carboxylic acids is 2. The predicted octanol–water partition coefficient (Wildman–Crippen LogP) is 3.65. The van der Waals surface area contributed by atoms with Crippen molar-refractivity contribution in [2.75, 3.05) is 29.6 Å². The number of hydrogen-bond donors (Lipinski definition) is 0. The van der Waals surface area contributed by atoms with Gasteiger partial charge in [0.1, 0.15) is 11.4 Å². The normalized spacial score (nSPS) is 21.4. The van der Waals surface area contributed by atoms with Crippen molar-refractivity contribution in [1.82, 2.24) is 14.9 Å². The van der Waals surface area contributed by atoms with E-state index in [4.69, 9.17) is 4.74 Å². The number of aromatic nitrogens is 2. The first kappa shape index (κ1) is 23.2. The first-order valence-electron chi connectivity index (χ1n) is 10.8. The zero-order valence-corrected chi connectivity index (χ0v) is 20.6. The summed E-state index contributed by atoms with van der Waals surface area (Å²) < 4.78 is 17.4. The van der Waals surface area contributed by atoms with Crippen LogP contribution >= 0.6 is 0 Å². The largest absolute Gasteiger partial charge is 0.443 e. The van der Waals surface area contributed by atoms with E-state index in [1.165, 1.54) is 11.2 Å². The SMILES string of the molecule is CN1C(=O)N(C2(C)CCN(C(=O)OC(C)(C)C)c3ccccc32)Cc2cnc(S(C)=O)nc21. The quantitative estimate of drug-likeness (QED) is 0.621. The molecule has 2 aliphatic rings. The maximum atomic E-state index is 13.5. The van der Waals surface area contributed by atoms with Crippen molar-refractivity contribution < 1.29 is 18.5 Å². The minimum Gasteiger partial charge on any atom is -0.443 e. The van der Waals surface area contributed by atoms with Gasteiger partial charge in [0, 0.05) is 37.2 Å². The van der Waals surface area contributed by atoms with Gasteiger partial charge in [0.05, 0.1) is 28.6 Å². The number of fused-ring (bicyclic) bond motifs is 2.